The summed E-state index contributed by atoms with van der Waals surface area (Å²) in [5.41, 5.74) is 1.21. The molecular weight excluding hydrogens is 312 g/mol. The summed E-state index contributed by atoms with van der Waals surface area (Å²) in [4.78, 5) is 11.9. The quantitative estimate of drug-likeness (QED) is 0.686. The fraction of sp³-hybridized carbons (Fsp3) is 0.300. The number of piperidine rings is 1. The summed E-state index contributed by atoms with van der Waals surface area (Å²) in [7, 11) is 0. The van der Waals surface area contributed by atoms with Crippen LogP contribution in [-0.2, 0) is 6.42 Å². The number of benzene rings is 2. The Bertz CT molecular complexity index is 906. The minimum Gasteiger partial charge on any atom is -0.365 e. The molecule has 2 aromatic carbocycles. The van der Waals surface area contributed by atoms with Crippen molar-refractivity contribution >= 4 is 16.6 Å². The van der Waals surface area contributed by atoms with Crippen molar-refractivity contribution in [1.82, 2.24) is 15.5 Å². The van der Waals surface area contributed by atoms with Gasteiger partial charge in [-0.25, -0.2) is 5.10 Å². The SMILES string of the molecule is O=c1[nH]nc(N[C@H]2CCN[C@@H](Cc3ccccc3)C2)c2ccccc12. The summed E-state index contributed by atoms with van der Waals surface area (Å²) < 4.78 is 0. The molecule has 3 N–H and O–H groups in total. The van der Waals surface area contributed by atoms with E-state index in [0.717, 1.165) is 37.0 Å². The van der Waals surface area contributed by atoms with Gasteiger partial charge in [-0.2, -0.15) is 5.10 Å². The first-order chi connectivity index (χ1) is 12.3. The van der Waals surface area contributed by atoms with E-state index in [1.54, 1.807) is 0 Å². The lowest BCUT2D eigenvalue weighted by atomic mass is 9.94. The minimum atomic E-state index is -0.145. The van der Waals surface area contributed by atoms with Crippen LogP contribution >= 0.6 is 0 Å². The topological polar surface area (TPSA) is 69.8 Å². The van der Waals surface area contributed by atoms with E-state index in [-0.39, 0.29) is 5.56 Å². The van der Waals surface area contributed by atoms with Crippen molar-refractivity contribution < 1.29 is 0 Å². The predicted octanol–water partition coefficient (Wildman–Crippen LogP) is 2.70. The van der Waals surface area contributed by atoms with Gasteiger partial charge in [-0.05, 0) is 37.4 Å². The summed E-state index contributed by atoms with van der Waals surface area (Å²) in [6.07, 6.45) is 3.10. The number of anilines is 1. The highest BCUT2D eigenvalue weighted by Crippen LogP contribution is 2.21. The van der Waals surface area contributed by atoms with E-state index in [1.807, 2.05) is 24.3 Å². The van der Waals surface area contributed by atoms with Gasteiger partial charge in [-0.1, -0.05) is 48.5 Å². The summed E-state index contributed by atoms with van der Waals surface area (Å²) in [6.45, 7) is 0.983. The van der Waals surface area contributed by atoms with E-state index in [2.05, 4.69) is 51.2 Å². The van der Waals surface area contributed by atoms with Gasteiger partial charge in [0.05, 0.1) is 5.39 Å². The van der Waals surface area contributed by atoms with Gasteiger partial charge in [0.1, 0.15) is 0 Å². The third-order valence-electron chi connectivity index (χ3n) is 4.86. The van der Waals surface area contributed by atoms with Crippen molar-refractivity contribution in [1.29, 1.82) is 0 Å². The number of H-pyrrole nitrogens is 1. The summed E-state index contributed by atoms with van der Waals surface area (Å²) in [6, 6.07) is 19.0. The Labute approximate surface area is 146 Å². The maximum atomic E-state index is 11.9. The van der Waals surface area contributed by atoms with Crippen molar-refractivity contribution in [3.8, 4) is 0 Å². The van der Waals surface area contributed by atoms with E-state index < -0.39 is 0 Å². The number of fused-ring (bicyclic) bond motifs is 1. The molecule has 1 aromatic heterocycles. The molecule has 5 nitrogen and oxygen atoms in total. The second kappa shape index (κ2) is 7.07. The van der Waals surface area contributed by atoms with Gasteiger partial charge in [-0.3, -0.25) is 4.79 Å². The van der Waals surface area contributed by atoms with E-state index in [4.69, 9.17) is 0 Å². The van der Waals surface area contributed by atoms with Gasteiger partial charge in [0.15, 0.2) is 5.82 Å². The molecule has 0 spiro atoms. The first-order valence-electron chi connectivity index (χ1n) is 8.81. The minimum absolute atomic E-state index is 0.145. The smallest absolute Gasteiger partial charge is 0.272 e. The average molecular weight is 334 g/mol. The van der Waals surface area contributed by atoms with Crippen LogP contribution in [0.5, 0.6) is 0 Å². The second-order valence-corrected chi connectivity index (χ2v) is 6.65. The molecule has 0 aliphatic carbocycles. The Kier molecular flexibility index (Phi) is 4.48. The van der Waals surface area contributed by atoms with E-state index in [9.17, 15) is 4.79 Å². The Morgan fingerprint density at radius 2 is 1.80 bits per heavy atom. The Morgan fingerprint density at radius 3 is 2.64 bits per heavy atom. The van der Waals surface area contributed by atoms with Gasteiger partial charge in [-0.15, -0.1) is 0 Å². The van der Waals surface area contributed by atoms with Crippen LogP contribution in [0.3, 0.4) is 0 Å². The van der Waals surface area contributed by atoms with Crippen LogP contribution in [0.1, 0.15) is 18.4 Å². The molecule has 0 radical (unpaired) electrons. The average Bonchev–Trinajstić information content (AvgIpc) is 2.65. The molecule has 5 heteroatoms. The zero-order valence-electron chi connectivity index (χ0n) is 14.0. The van der Waals surface area contributed by atoms with Gasteiger partial charge in [0, 0.05) is 17.5 Å². The molecule has 1 saturated heterocycles. The van der Waals surface area contributed by atoms with E-state index in [1.165, 1.54) is 5.56 Å². The molecule has 0 bridgehead atoms. The molecule has 0 amide bonds. The molecule has 1 aliphatic heterocycles. The first-order valence-corrected chi connectivity index (χ1v) is 8.81. The molecule has 1 aliphatic rings. The maximum absolute atomic E-state index is 11.9. The van der Waals surface area contributed by atoms with Crippen molar-refractivity contribution in [2.45, 2.75) is 31.3 Å². The standard InChI is InChI=1S/C20H22N4O/c25-20-18-9-5-4-8-17(18)19(23-24-20)22-15-10-11-21-16(13-15)12-14-6-2-1-3-7-14/h1-9,15-16,21H,10-13H2,(H,22,23)(H,24,25)/t15-,16-/m0/s1. The van der Waals surface area contributed by atoms with Crippen LogP contribution < -0.4 is 16.2 Å². The molecule has 0 unspecified atom stereocenters. The molecule has 3 aromatic rings. The molecule has 0 saturated carbocycles. The highest BCUT2D eigenvalue weighted by Gasteiger charge is 2.22. The van der Waals surface area contributed by atoms with Crippen LogP contribution in [0.4, 0.5) is 5.82 Å². The Morgan fingerprint density at radius 1 is 1.04 bits per heavy atom. The molecule has 4 rings (SSSR count). The molecular formula is C20H22N4O. The highest BCUT2D eigenvalue weighted by atomic mass is 16.1. The van der Waals surface area contributed by atoms with Gasteiger partial charge < -0.3 is 10.6 Å². The predicted molar refractivity (Wildman–Crippen MR) is 101 cm³/mol. The molecule has 128 valence electrons. The van der Waals surface area contributed by atoms with Crippen LogP contribution in [0.2, 0.25) is 0 Å². The lowest BCUT2D eigenvalue weighted by Gasteiger charge is -2.31. The van der Waals surface area contributed by atoms with Gasteiger partial charge in [0.2, 0.25) is 0 Å². The molecule has 1 fully saturated rings. The number of nitrogens with zero attached hydrogens (tertiary/aromatic N) is 1. The fourth-order valence-corrected chi connectivity index (χ4v) is 3.61. The van der Waals surface area contributed by atoms with E-state index >= 15 is 0 Å². The zero-order chi connectivity index (χ0) is 17.1. The normalized spacial score (nSPS) is 20.5. The van der Waals surface area contributed by atoms with Crippen molar-refractivity contribution in [2.24, 2.45) is 0 Å². The second-order valence-electron chi connectivity index (χ2n) is 6.65. The number of rotatable bonds is 4. The van der Waals surface area contributed by atoms with E-state index in [0.29, 0.717) is 17.5 Å². The fourth-order valence-electron chi connectivity index (χ4n) is 3.61. The highest BCUT2D eigenvalue weighted by molar-refractivity contribution is 5.90. The number of aromatic nitrogens is 2. The summed E-state index contributed by atoms with van der Waals surface area (Å²) in [5, 5.41) is 15.6. The van der Waals surface area contributed by atoms with Gasteiger partial charge >= 0.3 is 0 Å². The third-order valence-corrected chi connectivity index (χ3v) is 4.86. The van der Waals surface area contributed by atoms with Crippen molar-refractivity contribution in [3.63, 3.8) is 0 Å². The lowest BCUT2D eigenvalue weighted by Crippen LogP contribution is -2.44. The first kappa shape index (κ1) is 15.8. The molecule has 25 heavy (non-hydrogen) atoms. The Balaban J connectivity index is 1.49. The van der Waals surface area contributed by atoms with Crippen LogP contribution in [0.15, 0.2) is 59.4 Å². The largest absolute Gasteiger partial charge is 0.365 e. The van der Waals surface area contributed by atoms with Crippen molar-refractivity contribution in [2.75, 3.05) is 11.9 Å². The number of hydrogen-bond acceptors (Lipinski definition) is 4. The zero-order valence-corrected chi connectivity index (χ0v) is 14.0. The number of hydrogen-bond donors (Lipinski definition) is 3. The van der Waals surface area contributed by atoms with Crippen LogP contribution in [0.25, 0.3) is 10.8 Å². The third kappa shape index (κ3) is 3.56. The van der Waals surface area contributed by atoms with Crippen LogP contribution in [-0.4, -0.2) is 28.8 Å². The number of aromatic amines is 1. The van der Waals surface area contributed by atoms with Crippen LogP contribution in [0, 0.1) is 0 Å². The maximum Gasteiger partial charge on any atom is 0.272 e. The van der Waals surface area contributed by atoms with Crippen molar-refractivity contribution in [3.05, 3.63) is 70.5 Å². The number of nitrogens with one attached hydrogen (secondary N) is 3. The summed E-state index contributed by atoms with van der Waals surface area (Å²) in [5.74, 6) is 0.764. The Hall–Kier alpha value is -2.66. The van der Waals surface area contributed by atoms with Gasteiger partial charge in [0.25, 0.3) is 5.56 Å². The monoisotopic (exact) mass is 334 g/mol. The lowest BCUT2D eigenvalue weighted by molar-refractivity contribution is 0.373. The molecule has 2 heterocycles. The summed E-state index contributed by atoms with van der Waals surface area (Å²) >= 11 is 0. The molecule has 2 atom stereocenters.